The fourth-order valence-corrected chi connectivity index (χ4v) is 9.15. The van der Waals surface area contributed by atoms with Gasteiger partial charge in [0.15, 0.2) is 0 Å². The van der Waals surface area contributed by atoms with Crippen LogP contribution in [-0.4, -0.2) is 18.9 Å². The van der Waals surface area contributed by atoms with Crippen LogP contribution in [0, 0.1) is 19.1 Å². The van der Waals surface area contributed by atoms with Gasteiger partial charge in [0.1, 0.15) is 0 Å². The van der Waals surface area contributed by atoms with Crippen LogP contribution in [0.4, 0.5) is 0 Å². The summed E-state index contributed by atoms with van der Waals surface area (Å²) in [6.07, 6.45) is 0. The predicted molar refractivity (Wildman–Crippen MR) is 248 cm³/mol. The van der Waals surface area contributed by atoms with Gasteiger partial charge in [-0.05, 0) is 93.7 Å². The molecule has 0 fully saturated rings. The number of hydrogen-bond acceptors (Lipinski definition) is 3. The first kappa shape index (κ1) is 38.6. The molecule has 11 aromatic rings. The van der Waals surface area contributed by atoms with Gasteiger partial charge >= 0.3 is 21.1 Å². The number of benzene rings is 8. The Labute approximate surface area is 369 Å². The van der Waals surface area contributed by atoms with Gasteiger partial charge in [0, 0.05) is 28.1 Å². The number of pyridine rings is 1. The summed E-state index contributed by atoms with van der Waals surface area (Å²) in [4.78, 5) is 10.7. The quantitative estimate of drug-likeness (QED) is 0.118. The number of rotatable bonds is 7. The van der Waals surface area contributed by atoms with E-state index in [1.165, 1.54) is 38.9 Å². The number of para-hydroxylation sites is 3. The summed E-state index contributed by atoms with van der Waals surface area (Å²) in [6.45, 7) is 11.3. The molecule has 6 heteroatoms. The number of aromatic nitrogens is 4. The second-order valence-electron chi connectivity index (χ2n) is 16.5. The minimum Gasteiger partial charge on any atom is -0.497 e. The number of hydrogen-bond donors (Lipinski definition) is 0. The summed E-state index contributed by atoms with van der Waals surface area (Å²) in [5, 5.41) is 5.44. The molecular weight excluding hydrogens is 928 g/mol. The maximum absolute atomic E-state index is 6.70. The minimum atomic E-state index is 0. The second-order valence-corrected chi connectivity index (χ2v) is 16.5. The molecule has 298 valence electrons. The summed E-state index contributed by atoms with van der Waals surface area (Å²) >= 11 is 0. The van der Waals surface area contributed by atoms with Crippen molar-refractivity contribution in [3.05, 3.63) is 180 Å². The summed E-state index contributed by atoms with van der Waals surface area (Å²) in [5.41, 5.74) is 14.2. The summed E-state index contributed by atoms with van der Waals surface area (Å²) in [5.74, 6) is 2.52. The van der Waals surface area contributed by atoms with Crippen molar-refractivity contribution in [1.29, 1.82) is 0 Å². The molecule has 0 unspecified atom stereocenters. The molecule has 0 aliphatic rings. The molecule has 0 aliphatic carbocycles. The zero-order valence-electron chi connectivity index (χ0n) is 34.6. The van der Waals surface area contributed by atoms with Gasteiger partial charge in [-0.25, -0.2) is 0 Å². The fourth-order valence-electron chi connectivity index (χ4n) is 9.15. The third-order valence-corrected chi connectivity index (χ3v) is 12.0. The van der Waals surface area contributed by atoms with E-state index < -0.39 is 0 Å². The van der Waals surface area contributed by atoms with Gasteiger partial charge in [-0.1, -0.05) is 142 Å². The van der Waals surface area contributed by atoms with Crippen molar-refractivity contribution in [1.82, 2.24) is 18.9 Å². The number of aryl methyl sites for hydroxylation is 1. The number of fused-ring (bicyclic) bond motifs is 11. The largest absolute Gasteiger partial charge is 2.00 e. The van der Waals surface area contributed by atoms with E-state index in [4.69, 9.17) is 14.7 Å². The first-order valence-corrected chi connectivity index (χ1v) is 20.8. The smallest absolute Gasteiger partial charge is 0.497 e. The van der Waals surface area contributed by atoms with Gasteiger partial charge in [0.2, 0.25) is 0 Å². The Morgan fingerprint density at radius 1 is 0.574 bits per heavy atom. The van der Waals surface area contributed by atoms with Gasteiger partial charge in [-0.15, -0.1) is 29.8 Å². The molecule has 5 nitrogen and oxygen atoms in total. The van der Waals surface area contributed by atoms with Crippen molar-refractivity contribution < 1.29 is 25.8 Å². The molecule has 0 atom stereocenters. The average molecular weight is 970 g/mol. The van der Waals surface area contributed by atoms with Crippen LogP contribution < -0.4 is 4.74 Å². The van der Waals surface area contributed by atoms with Crippen LogP contribution in [0.1, 0.15) is 56.2 Å². The Morgan fingerprint density at radius 3 is 2.02 bits per heavy atom. The van der Waals surface area contributed by atoms with Crippen molar-refractivity contribution in [3.8, 4) is 39.7 Å². The van der Waals surface area contributed by atoms with Gasteiger partial charge in [-0.2, -0.15) is 0 Å². The third-order valence-electron chi connectivity index (χ3n) is 12.0. The van der Waals surface area contributed by atoms with E-state index in [1.54, 1.807) is 0 Å². The molecule has 0 amide bonds. The molecule has 61 heavy (non-hydrogen) atoms. The monoisotopic (exact) mass is 969 g/mol. The Morgan fingerprint density at radius 2 is 1.25 bits per heavy atom. The van der Waals surface area contributed by atoms with Crippen LogP contribution in [0.25, 0.3) is 88.4 Å². The fraction of sp³-hybridized carbons (Fsp3) is 0.127. The van der Waals surface area contributed by atoms with E-state index >= 15 is 0 Å². The zero-order valence-corrected chi connectivity index (χ0v) is 36.9. The SMILES string of the molecule is Cc1cc2ccccc2c2nc3c4[c-]c(Oc5[c-]c(-c6nc7ccccc7n6-c6c(C(C)C)cc(-c7ccccc7)cc6C(C)C)ccc5)ccc4c4ccccc4n3c12.[Pt+2]. The van der Waals surface area contributed by atoms with Crippen molar-refractivity contribution in [2.24, 2.45) is 0 Å². The van der Waals surface area contributed by atoms with Gasteiger partial charge in [0.05, 0.1) is 33.5 Å². The molecule has 0 saturated heterocycles. The van der Waals surface area contributed by atoms with E-state index in [2.05, 4.69) is 189 Å². The molecule has 0 N–H and O–H groups in total. The van der Waals surface area contributed by atoms with E-state index in [9.17, 15) is 0 Å². The first-order chi connectivity index (χ1) is 29.3. The van der Waals surface area contributed by atoms with Crippen molar-refractivity contribution >= 4 is 60.2 Å². The zero-order chi connectivity index (χ0) is 40.6. The second kappa shape index (κ2) is 15.2. The molecule has 3 heterocycles. The van der Waals surface area contributed by atoms with Gasteiger partial charge in [-0.3, -0.25) is 9.97 Å². The average Bonchev–Trinajstić information content (AvgIpc) is 3.87. The number of ether oxygens (including phenoxy) is 1. The standard InChI is InChI=1S/C55H42N4O.Pt/c1-33(2)45-30-39(36-16-7-6-8-17-36)31-46(34(3)4)53(45)59-50-25-14-12-23-48(50)56-54(59)38-19-15-20-40(29-38)60-41-26-27-43-44-22-11-13-24-49(44)58-52-35(5)28-37-18-9-10-21-42(37)51(52)57-55(58)47(43)32-41;/h6-28,30-31,33-34H,1-5H3;/q-2;+2. The van der Waals surface area contributed by atoms with Crippen LogP contribution >= 0.6 is 0 Å². The predicted octanol–water partition coefficient (Wildman–Crippen LogP) is 14.6. The number of nitrogens with zero attached hydrogens (tertiary/aromatic N) is 4. The topological polar surface area (TPSA) is 44.4 Å². The molecule has 0 radical (unpaired) electrons. The van der Waals surface area contributed by atoms with Crippen LogP contribution in [-0.2, 0) is 21.1 Å². The molecular formula is C55H42N4OPt. The van der Waals surface area contributed by atoms with Crippen molar-refractivity contribution in [3.63, 3.8) is 0 Å². The van der Waals surface area contributed by atoms with Crippen LogP contribution in [0.5, 0.6) is 11.5 Å². The van der Waals surface area contributed by atoms with Crippen LogP contribution in [0.2, 0.25) is 0 Å². The maximum atomic E-state index is 6.70. The normalized spacial score (nSPS) is 11.9. The summed E-state index contributed by atoms with van der Waals surface area (Å²) in [7, 11) is 0. The minimum absolute atomic E-state index is 0. The molecule has 8 aromatic carbocycles. The molecule has 11 rings (SSSR count). The van der Waals surface area contributed by atoms with Crippen molar-refractivity contribution in [2.45, 2.75) is 46.5 Å². The number of imidazole rings is 2. The van der Waals surface area contributed by atoms with E-state index in [0.29, 0.717) is 11.5 Å². The Bertz CT molecular complexity index is 3460. The molecule has 0 saturated carbocycles. The molecule has 3 aromatic heterocycles. The van der Waals surface area contributed by atoms with E-state index in [0.717, 1.165) is 66.2 Å². The molecule has 0 bridgehead atoms. The van der Waals surface area contributed by atoms with E-state index in [-0.39, 0.29) is 32.9 Å². The van der Waals surface area contributed by atoms with Crippen LogP contribution in [0.15, 0.2) is 152 Å². The Balaban J connectivity index is 0.00000445. The Hall–Kier alpha value is -6.55. The summed E-state index contributed by atoms with van der Waals surface area (Å²) in [6, 6.07) is 60.6. The van der Waals surface area contributed by atoms with E-state index in [1.807, 2.05) is 18.2 Å². The molecule has 0 spiro atoms. The van der Waals surface area contributed by atoms with Gasteiger partial charge < -0.3 is 13.7 Å². The van der Waals surface area contributed by atoms with Crippen molar-refractivity contribution in [2.75, 3.05) is 0 Å². The van der Waals surface area contributed by atoms with Crippen LogP contribution in [0.3, 0.4) is 0 Å². The molecule has 0 aliphatic heterocycles. The summed E-state index contributed by atoms with van der Waals surface area (Å²) < 4.78 is 11.4. The maximum Gasteiger partial charge on any atom is 2.00 e. The van der Waals surface area contributed by atoms with Gasteiger partial charge in [0.25, 0.3) is 0 Å². The third kappa shape index (κ3) is 6.33. The Kier molecular flexibility index (Phi) is 9.61. The first-order valence-electron chi connectivity index (χ1n) is 20.8.